The Bertz CT molecular complexity index is 702. The van der Waals surface area contributed by atoms with Crippen LogP contribution in [-0.2, 0) is 0 Å². The van der Waals surface area contributed by atoms with Crippen molar-refractivity contribution in [2.45, 2.75) is 26.1 Å². The van der Waals surface area contributed by atoms with Gasteiger partial charge in [0.25, 0.3) is 5.91 Å². The lowest BCUT2D eigenvalue weighted by Crippen LogP contribution is -2.29. The molecule has 128 valence electrons. The molecule has 1 atom stereocenters. The van der Waals surface area contributed by atoms with Gasteiger partial charge in [-0.3, -0.25) is 4.79 Å². The van der Waals surface area contributed by atoms with Crippen molar-refractivity contribution in [2.24, 2.45) is 0 Å². The van der Waals surface area contributed by atoms with Crippen LogP contribution in [0, 0.1) is 11.6 Å². The van der Waals surface area contributed by atoms with Gasteiger partial charge in [-0.25, -0.2) is 13.8 Å². The van der Waals surface area contributed by atoms with Crippen molar-refractivity contribution in [3.05, 3.63) is 59.3 Å². The van der Waals surface area contributed by atoms with E-state index in [-0.39, 0.29) is 18.3 Å². The molecule has 1 heterocycles. The number of nitrogens with one attached hydrogen (secondary N) is 1. The first-order valence-electron chi connectivity index (χ1n) is 7.42. The van der Waals surface area contributed by atoms with Crippen LogP contribution in [0.4, 0.5) is 8.78 Å². The number of hydrogen-bond acceptors (Lipinski definition) is 4. The predicted octanol–water partition coefficient (Wildman–Crippen LogP) is 2.61. The van der Waals surface area contributed by atoms with E-state index >= 15 is 0 Å². The van der Waals surface area contributed by atoms with Crippen molar-refractivity contribution in [2.75, 3.05) is 6.54 Å². The highest BCUT2D eigenvalue weighted by atomic mass is 19.1. The van der Waals surface area contributed by atoms with Crippen molar-refractivity contribution in [1.82, 2.24) is 10.3 Å². The summed E-state index contributed by atoms with van der Waals surface area (Å²) < 4.78 is 32.6. The fourth-order valence-electron chi connectivity index (χ4n) is 2.06. The maximum atomic E-state index is 13.6. The van der Waals surface area contributed by atoms with Gasteiger partial charge in [0.2, 0.25) is 5.88 Å². The molecule has 1 amide bonds. The number of aliphatic hydroxyl groups excluding tert-OH is 1. The van der Waals surface area contributed by atoms with Gasteiger partial charge in [0.1, 0.15) is 23.4 Å². The van der Waals surface area contributed by atoms with Crippen LogP contribution in [0.2, 0.25) is 0 Å². The van der Waals surface area contributed by atoms with E-state index < -0.39 is 29.2 Å². The van der Waals surface area contributed by atoms with E-state index in [4.69, 9.17) is 4.74 Å². The van der Waals surface area contributed by atoms with E-state index in [1.165, 1.54) is 12.1 Å². The molecule has 2 N–H and O–H groups in total. The van der Waals surface area contributed by atoms with Crippen LogP contribution < -0.4 is 10.1 Å². The summed E-state index contributed by atoms with van der Waals surface area (Å²) in [6.07, 6.45) is -1.60. The number of carbonyl (C=O) groups is 1. The number of ether oxygens (including phenoxy) is 1. The molecule has 7 heteroatoms. The summed E-state index contributed by atoms with van der Waals surface area (Å²) in [7, 11) is 0. The molecule has 0 aliphatic carbocycles. The van der Waals surface area contributed by atoms with Crippen LogP contribution in [0.1, 0.15) is 36.0 Å². The summed E-state index contributed by atoms with van der Waals surface area (Å²) in [4.78, 5) is 16.1. The maximum absolute atomic E-state index is 13.6. The van der Waals surface area contributed by atoms with Crippen molar-refractivity contribution in [1.29, 1.82) is 0 Å². The van der Waals surface area contributed by atoms with E-state index in [0.717, 1.165) is 12.1 Å². The van der Waals surface area contributed by atoms with Gasteiger partial charge in [-0.15, -0.1) is 0 Å². The summed E-state index contributed by atoms with van der Waals surface area (Å²) >= 11 is 0. The normalized spacial score (nSPS) is 12.1. The Morgan fingerprint density at radius 3 is 2.46 bits per heavy atom. The average Bonchev–Trinajstić information content (AvgIpc) is 2.52. The standard InChI is InChI=1S/C17H18F2N2O3/c1-10(2)24-15-8-4-7-13(21-15)17(23)20-9-14(22)16-11(18)5-3-6-12(16)19/h3-8,10,14,22H,9H2,1-2H3,(H,20,23). The van der Waals surface area contributed by atoms with Crippen molar-refractivity contribution >= 4 is 5.91 Å². The number of benzene rings is 1. The number of hydrogen-bond donors (Lipinski definition) is 2. The Kier molecular flexibility index (Phi) is 5.81. The fraction of sp³-hybridized carbons (Fsp3) is 0.294. The first-order valence-corrected chi connectivity index (χ1v) is 7.42. The molecule has 0 aliphatic rings. The zero-order valence-corrected chi connectivity index (χ0v) is 13.3. The van der Waals surface area contributed by atoms with Crippen molar-refractivity contribution in [3.8, 4) is 5.88 Å². The first-order chi connectivity index (χ1) is 11.4. The number of carbonyl (C=O) groups excluding carboxylic acids is 1. The summed E-state index contributed by atoms with van der Waals surface area (Å²) in [6.45, 7) is 3.30. The quantitative estimate of drug-likeness (QED) is 0.851. The van der Waals surface area contributed by atoms with Crippen LogP contribution in [0.5, 0.6) is 5.88 Å². The minimum Gasteiger partial charge on any atom is -0.475 e. The number of aliphatic hydroxyl groups is 1. The van der Waals surface area contributed by atoms with E-state index in [1.54, 1.807) is 12.1 Å². The summed E-state index contributed by atoms with van der Waals surface area (Å²) in [5.41, 5.74) is -0.406. The number of aromatic nitrogens is 1. The average molecular weight is 336 g/mol. The molecule has 0 aliphatic heterocycles. The highest BCUT2D eigenvalue weighted by molar-refractivity contribution is 5.92. The molecule has 1 aromatic carbocycles. The van der Waals surface area contributed by atoms with Gasteiger partial charge in [0.15, 0.2) is 0 Å². The molecule has 0 radical (unpaired) electrons. The minimum absolute atomic E-state index is 0.0781. The number of halogens is 2. The molecule has 1 unspecified atom stereocenters. The molecular formula is C17H18F2N2O3. The van der Waals surface area contributed by atoms with Crippen molar-refractivity contribution in [3.63, 3.8) is 0 Å². The minimum atomic E-state index is -1.51. The van der Waals surface area contributed by atoms with Crippen LogP contribution in [0.25, 0.3) is 0 Å². The smallest absolute Gasteiger partial charge is 0.270 e. The van der Waals surface area contributed by atoms with Crippen LogP contribution in [0.15, 0.2) is 36.4 Å². The number of rotatable bonds is 6. The molecule has 0 saturated carbocycles. The summed E-state index contributed by atoms with van der Waals surface area (Å²) in [6, 6.07) is 7.96. The van der Waals surface area contributed by atoms with Gasteiger partial charge in [0.05, 0.1) is 11.7 Å². The fourth-order valence-corrected chi connectivity index (χ4v) is 2.06. The second-order valence-corrected chi connectivity index (χ2v) is 5.39. The Morgan fingerprint density at radius 1 is 1.21 bits per heavy atom. The van der Waals surface area contributed by atoms with Gasteiger partial charge < -0.3 is 15.2 Å². The first kappa shape index (κ1) is 17.8. The van der Waals surface area contributed by atoms with Crippen molar-refractivity contribution < 1.29 is 23.4 Å². The number of amides is 1. The molecule has 0 spiro atoms. The third-order valence-electron chi connectivity index (χ3n) is 3.10. The Balaban J connectivity index is 2.03. The Hall–Kier alpha value is -2.54. The van der Waals surface area contributed by atoms with E-state index in [0.29, 0.717) is 5.88 Å². The third-order valence-corrected chi connectivity index (χ3v) is 3.10. The topological polar surface area (TPSA) is 71.5 Å². The van der Waals surface area contributed by atoms with Gasteiger partial charge in [0, 0.05) is 12.6 Å². The van der Waals surface area contributed by atoms with E-state index in [2.05, 4.69) is 10.3 Å². The molecule has 1 aromatic heterocycles. The van der Waals surface area contributed by atoms with E-state index in [9.17, 15) is 18.7 Å². The number of nitrogens with zero attached hydrogens (tertiary/aromatic N) is 1. The SMILES string of the molecule is CC(C)Oc1cccc(C(=O)NCC(O)c2c(F)cccc2F)n1. The maximum Gasteiger partial charge on any atom is 0.270 e. The monoisotopic (exact) mass is 336 g/mol. The second-order valence-electron chi connectivity index (χ2n) is 5.39. The largest absolute Gasteiger partial charge is 0.475 e. The lowest BCUT2D eigenvalue weighted by Gasteiger charge is -2.14. The lowest BCUT2D eigenvalue weighted by molar-refractivity contribution is 0.0904. The Morgan fingerprint density at radius 2 is 1.83 bits per heavy atom. The van der Waals surface area contributed by atoms with Crippen LogP contribution in [0.3, 0.4) is 0 Å². The third kappa shape index (κ3) is 4.48. The molecule has 2 aromatic rings. The Labute approximate surface area is 138 Å². The summed E-state index contributed by atoms with van der Waals surface area (Å²) in [5, 5.41) is 12.3. The second kappa shape index (κ2) is 7.83. The molecule has 0 saturated heterocycles. The molecule has 5 nitrogen and oxygen atoms in total. The van der Waals surface area contributed by atoms with Crippen LogP contribution >= 0.6 is 0 Å². The molecule has 0 bridgehead atoms. The lowest BCUT2D eigenvalue weighted by atomic mass is 10.1. The molecule has 24 heavy (non-hydrogen) atoms. The molecule has 0 fully saturated rings. The molecular weight excluding hydrogens is 318 g/mol. The van der Waals surface area contributed by atoms with E-state index in [1.807, 2.05) is 13.8 Å². The number of pyridine rings is 1. The molecule has 2 rings (SSSR count). The van der Waals surface area contributed by atoms with Gasteiger partial charge in [-0.1, -0.05) is 12.1 Å². The van der Waals surface area contributed by atoms with Gasteiger partial charge in [-0.05, 0) is 32.0 Å². The zero-order chi connectivity index (χ0) is 17.7. The zero-order valence-electron chi connectivity index (χ0n) is 13.3. The van der Waals surface area contributed by atoms with Crippen LogP contribution in [-0.4, -0.2) is 28.6 Å². The highest BCUT2D eigenvalue weighted by Gasteiger charge is 2.19. The van der Waals surface area contributed by atoms with Gasteiger partial charge >= 0.3 is 0 Å². The summed E-state index contributed by atoms with van der Waals surface area (Å²) in [5.74, 6) is -2.04. The van der Waals surface area contributed by atoms with Gasteiger partial charge in [-0.2, -0.15) is 0 Å². The predicted molar refractivity (Wildman–Crippen MR) is 83.7 cm³/mol. The highest BCUT2D eigenvalue weighted by Crippen LogP contribution is 2.20.